The molecule has 3 nitrogen and oxygen atoms in total. The molecule has 82 valence electrons. The topological polar surface area (TPSA) is 50.2 Å². The van der Waals surface area contributed by atoms with Gasteiger partial charge in [-0.25, -0.2) is 0 Å². The van der Waals surface area contributed by atoms with Crippen LogP contribution in [-0.4, -0.2) is 16.1 Å². The van der Waals surface area contributed by atoms with Gasteiger partial charge in [-0.3, -0.25) is 9.78 Å². The fourth-order valence-electron chi connectivity index (χ4n) is 1.98. The highest BCUT2D eigenvalue weighted by Crippen LogP contribution is 2.22. The quantitative estimate of drug-likeness (QED) is 0.837. The van der Waals surface area contributed by atoms with E-state index >= 15 is 0 Å². The van der Waals surface area contributed by atoms with Gasteiger partial charge in [0.05, 0.1) is 11.9 Å². The SMILES string of the molecule is Cc1nc2ccccc2c(C)c1CC(=O)O. The Balaban J connectivity index is 2.70. The minimum atomic E-state index is -0.816. The van der Waals surface area contributed by atoms with E-state index < -0.39 is 5.97 Å². The van der Waals surface area contributed by atoms with E-state index in [0.29, 0.717) is 0 Å². The number of pyridine rings is 1. The second-order valence-corrected chi connectivity index (χ2v) is 3.89. The first-order valence-electron chi connectivity index (χ1n) is 5.16. The third kappa shape index (κ3) is 1.76. The van der Waals surface area contributed by atoms with E-state index in [0.717, 1.165) is 27.7 Å². The number of carbonyl (C=O) groups is 1. The number of hydrogen-bond acceptors (Lipinski definition) is 2. The van der Waals surface area contributed by atoms with Gasteiger partial charge in [-0.2, -0.15) is 0 Å². The molecule has 1 aromatic carbocycles. The first-order valence-corrected chi connectivity index (χ1v) is 5.16. The van der Waals surface area contributed by atoms with Gasteiger partial charge in [0.2, 0.25) is 0 Å². The maximum atomic E-state index is 10.8. The summed E-state index contributed by atoms with van der Waals surface area (Å²) < 4.78 is 0. The zero-order valence-electron chi connectivity index (χ0n) is 9.32. The Morgan fingerprint density at radius 2 is 2.00 bits per heavy atom. The fraction of sp³-hybridized carbons (Fsp3) is 0.231. The second kappa shape index (κ2) is 3.93. The zero-order valence-corrected chi connectivity index (χ0v) is 9.32. The van der Waals surface area contributed by atoms with E-state index in [2.05, 4.69) is 4.98 Å². The molecule has 2 rings (SSSR count). The molecule has 0 bridgehead atoms. The summed E-state index contributed by atoms with van der Waals surface area (Å²) >= 11 is 0. The molecule has 2 aromatic rings. The molecular weight excluding hydrogens is 202 g/mol. The Morgan fingerprint density at radius 3 is 2.69 bits per heavy atom. The van der Waals surface area contributed by atoms with Crippen LogP contribution in [-0.2, 0) is 11.2 Å². The van der Waals surface area contributed by atoms with Gasteiger partial charge in [-0.15, -0.1) is 0 Å². The summed E-state index contributed by atoms with van der Waals surface area (Å²) in [6.45, 7) is 3.81. The Morgan fingerprint density at radius 1 is 1.31 bits per heavy atom. The predicted octanol–water partition coefficient (Wildman–Crippen LogP) is 2.48. The first kappa shape index (κ1) is 10.6. The number of nitrogens with zero attached hydrogens (tertiary/aromatic N) is 1. The minimum Gasteiger partial charge on any atom is -0.481 e. The van der Waals surface area contributed by atoms with E-state index in [9.17, 15) is 4.79 Å². The van der Waals surface area contributed by atoms with Gasteiger partial charge in [0.25, 0.3) is 0 Å². The van der Waals surface area contributed by atoms with E-state index in [-0.39, 0.29) is 6.42 Å². The third-order valence-electron chi connectivity index (χ3n) is 2.81. The molecule has 1 heterocycles. The number of aryl methyl sites for hydroxylation is 2. The van der Waals surface area contributed by atoms with Gasteiger partial charge in [0, 0.05) is 11.1 Å². The molecular formula is C13H13NO2. The molecule has 0 saturated heterocycles. The smallest absolute Gasteiger partial charge is 0.307 e. The Kier molecular flexibility index (Phi) is 2.60. The Labute approximate surface area is 93.7 Å². The lowest BCUT2D eigenvalue weighted by atomic mass is 10.00. The van der Waals surface area contributed by atoms with Crippen molar-refractivity contribution in [1.29, 1.82) is 0 Å². The van der Waals surface area contributed by atoms with Crippen molar-refractivity contribution in [3.8, 4) is 0 Å². The molecule has 0 aliphatic rings. The number of fused-ring (bicyclic) bond motifs is 1. The molecule has 0 radical (unpaired) electrons. The molecule has 0 amide bonds. The largest absolute Gasteiger partial charge is 0.481 e. The first-order chi connectivity index (χ1) is 7.59. The van der Waals surface area contributed by atoms with Crippen LogP contribution >= 0.6 is 0 Å². The number of hydrogen-bond donors (Lipinski definition) is 1. The molecule has 0 fully saturated rings. The number of aromatic nitrogens is 1. The van der Waals surface area contributed by atoms with Crippen molar-refractivity contribution in [3.63, 3.8) is 0 Å². The molecule has 1 N–H and O–H groups in total. The summed E-state index contributed by atoms with van der Waals surface area (Å²) in [7, 11) is 0. The van der Waals surface area contributed by atoms with Crippen molar-refractivity contribution in [3.05, 3.63) is 41.1 Å². The van der Waals surface area contributed by atoms with Gasteiger partial charge in [0.15, 0.2) is 0 Å². The van der Waals surface area contributed by atoms with Crippen molar-refractivity contribution < 1.29 is 9.90 Å². The fourth-order valence-corrected chi connectivity index (χ4v) is 1.98. The summed E-state index contributed by atoms with van der Waals surface area (Å²) in [5.74, 6) is -0.816. The molecule has 0 unspecified atom stereocenters. The van der Waals surface area contributed by atoms with Crippen LogP contribution in [0.1, 0.15) is 16.8 Å². The molecule has 0 spiro atoms. The van der Waals surface area contributed by atoms with Crippen molar-refractivity contribution in [2.45, 2.75) is 20.3 Å². The van der Waals surface area contributed by atoms with Crippen molar-refractivity contribution in [2.75, 3.05) is 0 Å². The second-order valence-electron chi connectivity index (χ2n) is 3.89. The van der Waals surface area contributed by atoms with Gasteiger partial charge in [-0.05, 0) is 31.0 Å². The summed E-state index contributed by atoms with van der Waals surface area (Å²) in [6.07, 6.45) is 0.0372. The van der Waals surface area contributed by atoms with Crippen LogP contribution in [0.2, 0.25) is 0 Å². The number of aliphatic carboxylic acids is 1. The maximum absolute atomic E-state index is 10.8. The lowest BCUT2D eigenvalue weighted by Gasteiger charge is -2.10. The Hall–Kier alpha value is -1.90. The lowest BCUT2D eigenvalue weighted by Crippen LogP contribution is -2.06. The van der Waals surface area contributed by atoms with Gasteiger partial charge >= 0.3 is 5.97 Å². The average Bonchev–Trinajstić information content (AvgIpc) is 2.24. The standard InChI is InChI=1S/C13H13NO2/c1-8-10-5-3-4-6-12(10)14-9(2)11(8)7-13(15)16/h3-6H,7H2,1-2H3,(H,15,16). The highest BCUT2D eigenvalue weighted by molar-refractivity contribution is 5.85. The van der Waals surface area contributed by atoms with Crippen LogP contribution in [0, 0.1) is 13.8 Å². The summed E-state index contributed by atoms with van der Waals surface area (Å²) in [5, 5.41) is 9.89. The minimum absolute atomic E-state index is 0.0372. The van der Waals surface area contributed by atoms with Crippen LogP contribution in [0.3, 0.4) is 0 Å². The van der Waals surface area contributed by atoms with Crippen molar-refractivity contribution in [2.24, 2.45) is 0 Å². The number of carboxylic acids is 1. The van der Waals surface area contributed by atoms with Crippen LogP contribution in [0.25, 0.3) is 10.9 Å². The van der Waals surface area contributed by atoms with E-state index in [1.807, 2.05) is 38.1 Å². The molecule has 0 aliphatic carbocycles. The molecule has 1 aromatic heterocycles. The zero-order chi connectivity index (χ0) is 11.7. The summed E-state index contributed by atoms with van der Waals surface area (Å²) in [4.78, 5) is 15.2. The van der Waals surface area contributed by atoms with E-state index in [4.69, 9.17) is 5.11 Å². The van der Waals surface area contributed by atoms with Gasteiger partial charge < -0.3 is 5.11 Å². The lowest BCUT2D eigenvalue weighted by molar-refractivity contribution is -0.136. The third-order valence-corrected chi connectivity index (χ3v) is 2.81. The highest BCUT2D eigenvalue weighted by Gasteiger charge is 2.11. The van der Waals surface area contributed by atoms with Crippen LogP contribution in [0.5, 0.6) is 0 Å². The highest BCUT2D eigenvalue weighted by atomic mass is 16.4. The molecule has 3 heteroatoms. The van der Waals surface area contributed by atoms with Gasteiger partial charge in [-0.1, -0.05) is 18.2 Å². The van der Waals surface area contributed by atoms with Crippen molar-refractivity contribution in [1.82, 2.24) is 4.98 Å². The summed E-state index contributed by atoms with van der Waals surface area (Å²) in [5.41, 5.74) is 3.57. The maximum Gasteiger partial charge on any atom is 0.307 e. The van der Waals surface area contributed by atoms with Crippen molar-refractivity contribution >= 4 is 16.9 Å². The van der Waals surface area contributed by atoms with Crippen LogP contribution in [0.15, 0.2) is 24.3 Å². The number of rotatable bonds is 2. The van der Waals surface area contributed by atoms with E-state index in [1.54, 1.807) is 0 Å². The number of carboxylic acid groups (broad SMARTS) is 1. The van der Waals surface area contributed by atoms with Crippen LogP contribution < -0.4 is 0 Å². The Bertz CT molecular complexity index is 561. The molecule has 16 heavy (non-hydrogen) atoms. The van der Waals surface area contributed by atoms with Crippen LogP contribution in [0.4, 0.5) is 0 Å². The van der Waals surface area contributed by atoms with Gasteiger partial charge in [0.1, 0.15) is 0 Å². The number of para-hydroxylation sites is 1. The average molecular weight is 215 g/mol. The predicted molar refractivity (Wildman–Crippen MR) is 62.6 cm³/mol. The number of benzene rings is 1. The monoisotopic (exact) mass is 215 g/mol. The molecule has 0 aliphatic heterocycles. The summed E-state index contributed by atoms with van der Waals surface area (Å²) in [6, 6.07) is 7.80. The normalized spacial score (nSPS) is 10.6. The van der Waals surface area contributed by atoms with E-state index in [1.165, 1.54) is 0 Å². The molecule has 0 saturated carbocycles. The molecule has 0 atom stereocenters.